The molecule has 1 amide bonds. The number of hydrogen-bond acceptors (Lipinski definition) is 3. The van der Waals surface area contributed by atoms with Gasteiger partial charge in [-0.3, -0.25) is 4.79 Å². The zero-order valence-electron chi connectivity index (χ0n) is 13.4. The second-order valence-electron chi connectivity index (χ2n) is 5.54. The topological polar surface area (TPSA) is 55.1 Å². The van der Waals surface area contributed by atoms with Gasteiger partial charge < -0.3 is 9.73 Å². The minimum Gasteiger partial charge on any atom is -0.441 e. The second kappa shape index (κ2) is 8.37. The van der Waals surface area contributed by atoms with E-state index in [1.54, 1.807) is 6.20 Å². The third kappa shape index (κ3) is 5.02. The van der Waals surface area contributed by atoms with Crippen LogP contribution in [0.1, 0.15) is 44.1 Å². The Morgan fingerprint density at radius 2 is 2.00 bits per heavy atom. The van der Waals surface area contributed by atoms with E-state index in [0.29, 0.717) is 18.7 Å². The van der Waals surface area contributed by atoms with Crippen LogP contribution in [0.25, 0.3) is 11.3 Å². The van der Waals surface area contributed by atoms with E-state index in [1.165, 1.54) is 5.56 Å². The van der Waals surface area contributed by atoms with E-state index >= 15 is 0 Å². The van der Waals surface area contributed by atoms with Crippen molar-refractivity contribution >= 4 is 5.91 Å². The highest BCUT2D eigenvalue weighted by Crippen LogP contribution is 2.21. The lowest BCUT2D eigenvalue weighted by atomic mass is 10.1. The Balaban J connectivity index is 1.79. The molecule has 1 aromatic heterocycles. The van der Waals surface area contributed by atoms with Gasteiger partial charge in [-0.2, -0.15) is 0 Å². The number of aryl methyl sites for hydroxylation is 2. The molecule has 0 bridgehead atoms. The molecule has 2 rings (SSSR count). The molecule has 0 saturated heterocycles. The van der Waals surface area contributed by atoms with Crippen molar-refractivity contribution in [2.24, 2.45) is 0 Å². The predicted molar refractivity (Wildman–Crippen MR) is 87.5 cm³/mol. The van der Waals surface area contributed by atoms with Crippen molar-refractivity contribution in [2.45, 2.75) is 46.0 Å². The molecule has 118 valence electrons. The van der Waals surface area contributed by atoms with E-state index in [0.717, 1.165) is 37.1 Å². The number of nitrogens with zero attached hydrogens (tertiary/aromatic N) is 1. The average molecular weight is 300 g/mol. The van der Waals surface area contributed by atoms with Gasteiger partial charge >= 0.3 is 0 Å². The smallest absolute Gasteiger partial charge is 0.220 e. The lowest BCUT2D eigenvalue weighted by Crippen LogP contribution is -2.24. The van der Waals surface area contributed by atoms with E-state index in [1.807, 2.05) is 24.3 Å². The van der Waals surface area contributed by atoms with Crippen LogP contribution in [0.5, 0.6) is 0 Å². The SMILES string of the molecule is CCCCCNC(=O)CCc1ncc(-c2ccc(C)cc2)o1. The largest absolute Gasteiger partial charge is 0.441 e. The molecular formula is C18H24N2O2. The van der Waals surface area contributed by atoms with Gasteiger partial charge in [0.05, 0.1) is 6.20 Å². The summed E-state index contributed by atoms with van der Waals surface area (Å²) in [6.07, 6.45) is 6.03. The van der Waals surface area contributed by atoms with E-state index < -0.39 is 0 Å². The fourth-order valence-corrected chi connectivity index (χ4v) is 2.19. The van der Waals surface area contributed by atoms with Gasteiger partial charge in [0.1, 0.15) is 0 Å². The summed E-state index contributed by atoms with van der Waals surface area (Å²) in [7, 11) is 0. The van der Waals surface area contributed by atoms with E-state index in [9.17, 15) is 4.79 Å². The van der Waals surface area contributed by atoms with Crippen molar-refractivity contribution < 1.29 is 9.21 Å². The first-order chi connectivity index (χ1) is 10.7. The second-order valence-corrected chi connectivity index (χ2v) is 5.54. The van der Waals surface area contributed by atoms with E-state index in [2.05, 4.69) is 24.1 Å². The molecule has 0 fully saturated rings. The molecular weight excluding hydrogens is 276 g/mol. The van der Waals surface area contributed by atoms with E-state index in [4.69, 9.17) is 4.42 Å². The number of benzene rings is 1. The van der Waals surface area contributed by atoms with Gasteiger partial charge in [0.2, 0.25) is 5.91 Å². The Bertz CT molecular complexity index is 587. The van der Waals surface area contributed by atoms with Gasteiger partial charge in [0.25, 0.3) is 0 Å². The summed E-state index contributed by atoms with van der Waals surface area (Å²) in [5.41, 5.74) is 2.22. The number of amides is 1. The predicted octanol–water partition coefficient (Wildman–Crippen LogP) is 3.89. The summed E-state index contributed by atoms with van der Waals surface area (Å²) in [6, 6.07) is 8.11. The van der Waals surface area contributed by atoms with Crippen LogP contribution in [-0.4, -0.2) is 17.4 Å². The Kier molecular flexibility index (Phi) is 6.19. The van der Waals surface area contributed by atoms with Crippen molar-refractivity contribution in [1.82, 2.24) is 10.3 Å². The van der Waals surface area contributed by atoms with Crippen LogP contribution < -0.4 is 5.32 Å². The summed E-state index contributed by atoms with van der Waals surface area (Å²) in [5.74, 6) is 1.42. The highest BCUT2D eigenvalue weighted by atomic mass is 16.4. The van der Waals surface area contributed by atoms with E-state index in [-0.39, 0.29) is 5.91 Å². The standard InChI is InChI=1S/C18H24N2O2/c1-3-4-5-12-19-17(21)10-11-18-20-13-16(22-18)15-8-6-14(2)7-9-15/h6-9,13H,3-5,10-12H2,1-2H3,(H,19,21). The molecule has 4 nitrogen and oxygen atoms in total. The molecule has 0 radical (unpaired) electrons. The maximum absolute atomic E-state index is 11.7. The molecule has 1 aromatic carbocycles. The molecule has 0 spiro atoms. The third-order valence-electron chi connectivity index (χ3n) is 3.56. The van der Waals surface area contributed by atoms with Crippen molar-refractivity contribution in [1.29, 1.82) is 0 Å². The maximum Gasteiger partial charge on any atom is 0.220 e. The normalized spacial score (nSPS) is 10.6. The molecule has 0 atom stereocenters. The van der Waals surface area contributed by atoms with Gasteiger partial charge in [-0.25, -0.2) is 4.98 Å². The molecule has 1 N–H and O–H groups in total. The summed E-state index contributed by atoms with van der Waals surface area (Å²) in [4.78, 5) is 16.0. The van der Waals surface area contributed by atoms with Crippen molar-refractivity contribution in [3.05, 3.63) is 41.9 Å². The Labute approximate surface area is 131 Å². The molecule has 0 saturated carbocycles. The summed E-state index contributed by atoms with van der Waals surface area (Å²) in [6.45, 7) is 4.96. The lowest BCUT2D eigenvalue weighted by molar-refractivity contribution is -0.121. The van der Waals surface area contributed by atoms with Crippen LogP contribution in [0.2, 0.25) is 0 Å². The number of oxazole rings is 1. The average Bonchev–Trinajstić information content (AvgIpc) is 2.99. The summed E-state index contributed by atoms with van der Waals surface area (Å²) in [5, 5.41) is 2.92. The first-order valence-corrected chi connectivity index (χ1v) is 7.97. The minimum absolute atomic E-state index is 0.0613. The third-order valence-corrected chi connectivity index (χ3v) is 3.56. The number of carbonyl (C=O) groups excluding carboxylic acids is 1. The molecule has 0 aliphatic carbocycles. The van der Waals surface area contributed by atoms with Crippen LogP contribution in [0.3, 0.4) is 0 Å². The number of nitrogens with one attached hydrogen (secondary N) is 1. The highest BCUT2D eigenvalue weighted by molar-refractivity contribution is 5.75. The Morgan fingerprint density at radius 3 is 2.73 bits per heavy atom. The number of aromatic nitrogens is 1. The minimum atomic E-state index is 0.0613. The van der Waals surface area contributed by atoms with Crippen molar-refractivity contribution in [2.75, 3.05) is 6.54 Å². The number of carbonyl (C=O) groups is 1. The maximum atomic E-state index is 11.7. The van der Waals surface area contributed by atoms with Gasteiger partial charge in [0, 0.05) is 24.9 Å². The molecule has 1 heterocycles. The zero-order valence-corrected chi connectivity index (χ0v) is 13.4. The quantitative estimate of drug-likeness (QED) is 0.752. The van der Waals surface area contributed by atoms with Crippen molar-refractivity contribution in [3.63, 3.8) is 0 Å². The van der Waals surface area contributed by atoms with Gasteiger partial charge in [-0.15, -0.1) is 0 Å². The molecule has 22 heavy (non-hydrogen) atoms. The van der Waals surface area contributed by atoms with Crippen LogP contribution in [0.4, 0.5) is 0 Å². The highest BCUT2D eigenvalue weighted by Gasteiger charge is 2.08. The van der Waals surface area contributed by atoms with Crippen LogP contribution in [-0.2, 0) is 11.2 Å². The summed E-state index contributed by atoms with van der Waals surface area (Å²) < 4.78 is 5.71. The number of hydrogen-bond donors (Lipinski definition) is 1. The molecule has 0 aliphatic rings. The summed E-state index contributed by atoms with van der Waals surface area (Å²) >= 11 is 0. The van der Waals surface area contributed by atoms with Crippen LogP contribution in [0.15, 0.2) is 34.9 Å². The Hall–Kier alpha value is -2.10. The van der Waals surface area contributed by atoms with Crippen molar-refractivity contribution in [3.8, 4) is 11.3 Å². The van der Waals surface area contributed by atoms with Gasteiger partial charge in [-0.1, -0.05) is 49.6 Å². The fraction of sp³-hybridized carbons (Fsp3) is 0.444. The molecule has 0 aliphatic heterocycles. The van der Waals surface area contributed by atoms with Crippen LogP contribution >= 0.6 is 0 Å². The first kappa shape index (κ1) is 16.3. The first-order valence-electron chi connectivity index (χ1n) is 7.97. The molecule has 2 aromatic rings. The Morgan fingerprint density at radius 1 is 1.23 bits per heavy atom. The molecule has 0 unspecified atom stereocenters. The number of unbranched alkanes of at least 4 members (excludes halogenated alkanes) is 2. The molecule has 4 heteroatoms. The fourth-order valence-electron chi connectivity index (χ4n) is 2.19. The van der Waals surface area contributed by atoms with Gasteiger partial charge in [0.15, 0.2) is 11.7 Å². The van der Waals surface area contributed by atoms with Gasteiger partial charge in [-0.05, 0) is 13.3 Å². The van der Waals surface area contributed by atoms with Crippen LogP contribution in [0, 0.1) is 6.92 Å². The zero-order chi connectivity index (χ0) is 15.8. The monoisotopic (exact) mass is 300 g/mol. The lowest BCUT2D eigenvalue weighted by Gasteiger charge is -2.03. The number of rotatable bonds is 8.